The van der Waals surface area contributed by atoms with Crippen molar-refractivity contribution in [2.45, 2.75) is 136 Å². The van der Waals surface area contributed by atoms with Gasteiger partial charge in [-0.05, 0) is 43.9 Å². The SMILES string of the molecule is CCC.CCCCSC1CC(=O)N(CCCCCC(=O)N(C)C(C(C)C)N(F)CC(=O)N(C)C(C(C)CC)C(CC=O)OC)C1=O.CN.[HH]. The molecule has 0 saturated carbocycles. The van der Waals surface area contributed by atoms with Gasteiger partial charge in [0.05, 0.1) is 17.4 Å². The van der Waals surface area contributed by atoms with Crippen LogP contribution in [0.5, 0.6) is 0 Å². The molecule has 1 rings (SSSR count). The van der Waals surface area contributed by atoms with E-state index in [9.17, 15) is 24.0 Å². The van der Waals surface area contributed by atoms with Gasteiger partial charge in [0.2, 0.25) is 23.6 Å². The third-order valence-corrected chi connectivity index (χ3v) is 9.63. The van der Waals surface area contributed by atoms with Crippen LogP contribution in [-0.4, -0.2) is 120 Å². The normalized spacial score (nSPS) is 16.8. The molecule has 2 N–H and O–H groups in total. The summed E-state index contributed by atoms with van der Waals surface area (Å²) in [7, 11) is 6.13. The van der Waals surface area contributed by atoms with Crippen molar-refractivity contribution < 1.29 is 34.6 Å². The quantitative estimate of drug-likeness (QED) is 0.0506. The van der Waals surface area contributed by atoms with Crippen LogP contribution in [0, 0.1) is 11.8 Å². The molecule has 5 atom stereocenters. The number of imide groups is 1. The second-order valence-corrected chi connectivity index (χ2v) is 13.9. The van der Waals surface area contributed by atoms with Crippen LogP contribution in [0.3, 0.4) is 0 Å². The Bertz CT molecular complexity index is 937. The van der Waals surface area contributed by atoms with E-state index < -0.39 is 30.8 Å². The number of ether oxygens (including phenoxy) is 1. The van der Waals surface area contributed by atoms with E-state index in [0.717, 1.165) is 31.3 Å². The molecule has 48 heavy (non-hydrogen) atoms. The molecule has 0 spiro atoms. The number of hydrogen-bond donors (Lipinski definition) is 1. The average Bonchev–Trinajstić information content (AvgIpc) is 3.32. The van der Waals surface area contributed by atoms with Crippen LogP contribution < -0.4 is 5.73 Å². The van der Waals surface area contributed by atoms with E-state index in [1.807, 2.05) is 13.8 Å². The summed E-state index contributed by atoms with van der Waals surface area (Å²) in [6.45, 7) is 13.7. The smallest absolute Gasteiger partial charge is 0.242 e. The van der Waals surface area contributed by atoms with Gasteiger partial charge in [0.25, 0.3) is 0 Å². The number of methoxy groups -OCH3 is 1. The van der Waals surface area contributed by atoms with Crippen LogP contribution in [0.2, 0.25) is 0 Å². The number of unbranched alkanes of at least 4 members (excludes halogenated alkanes) is 3. The van der Waals surface area contributed by atoms with Crippen molar-refractivity contribution in [2.24, 2.45) is 17.6 Å². The maximum Gasteiger partial charge on any atom is 0.242 e. The van der Waals surface area contributed by atoms with Gasteiger partial charge in [-0.25, -0.2) is 0 Å². The molecule has 284 valence electrons. The maximum atomic E-state index is 15.6. The summed E-state index contributed by atoms with van der Waals surface area (Å²) < 4.78 is 21.1. The first-order valence-electron chi connectivity index (χ1n) is 17.7. The summed E-state index contributed by atoms with van der Waals surface area (Å²) in [6.07, 6.45) is 5.74. The summed E-state index contributed by atoms with van der Waals surface area (Å²) in [6, 6.07) is -0.408. The number of amides is 4. The molecule has 0 aromatic heterocycles. The van der Waals surface area contributed by atoms with Gasteiger partial charge in [-0.3, -0.25) is 24.1 Å². The van der Waals surface area contributed by atoms with Gasteiger partial charge in [-0.2, -0.15) is 0 Å². The fraction of sp³-hybridized carbons (Fsp3) is 0.857. The molecule has 0 radical (unpaired) electrons. The molecule has 5 unspecified atom stereocenters. The number of halogens is 1. The van der Waals surface area contributed by atoms with Gasteiger partial charge in [0.1, 0.15) is 19.0 Å². The first kappa shape index (κ1) is 48.0. The number of nitrogens with zero attached hydrogens (tertiary/aromatic N) is 4. The Kier molecular flexibility index (Phi) is 27.7. The zero-order chi connectivity index (χ0) is 37.4. The van der Waals surface area contributed by atoms with Crippen LogP contribution in [0.4, 0.5) is 4.48 Å². The van der Waals surface area contributed by atoms with Crippen LogP contribution in [0.15, 0.2) is 0 Å². The summed E-state index contributed by atoms with van der Waals surface area (Å²) >= 11 is 1.56. The molecule has 1 aliphatic rings. The lowest BCUT2D eigenvalue weighted by Crippen LogP contribution is -2.54. The first-order chi connectivity index (χ1) is 22.8. The van der Waals surface area contributed by atoms with E-state index >= 15 is 4.48 Å². The van der Waals surface area contributed by atoms with Crippen LogP contribution in [-0.2, 0) is 28.7 Å². The molecule has 11 nitrogen and oxygen atoms in total. The minimum atomic E-state index is -0.943. The Labute approximate surface area is 296 Å². The Hall–Kier alpha value is -2.09. The molecule has 0 aromatic rings. The van der Waals surface area contributed by atoms with Gasteiger partial charge in [0, 0.05) is 48.4 Å². The number of hydrogen-bond acceptors (Lipinski definition) is 9. The number of likely N-dealkylation sites (N-methyl/N-ethyl adjacent to an activating group) is 1. The van der Waals surface area contributed by atoms with Crippen molar-refractivity contribution in [2.75, 3.05) is 47.1 Å². The Morgan fingerprint density at radius 3 is 2.15 bits per heavy atom. The Morgan fingerprint density at radius 1 is 1.04 bits per heavy atom. The summed E-state index contributed by atoms with van der Waals surface area (Å²) in [5.74, 6) is -0.354. The van der Waals surface area contributed by atoms with Crippen molar-refractivity contribution >= 4 is 41.7 Å². The standard InChI is InChI=1S/C31H55FN4O6S.C3H8.CH5N.H2/c1-9-11-19-43-25-20-27(39)35(31(25)41)17-14-12-13-15-26(38)34(7)30(22(3)4)36(32)21-28(40)33(6)29(23(5)10-2)24(42-8)16-18-37;1-3-2;1-2;/h18,22-25,29-30H,9-17,19-21H2,1-8H3;3H2,1-2H3;2H2,1H3;1H. The first-order valence-corrected chi connectivity index (χ1v) is 18.8. The van der Waals surface area contributed by atoms with Crippen molar-refractivity contribution in [3.05, 3.63) is 0 Å². The Morgan fingerprint density at radius 2 is 1.65 bits per heavy atom. The molecule has 0 bridgehead atoms. The minimum Gasteiger partial charge on any atom is -0.379 e. The van der Waals surface area contributed by atoms with E-state index in [1.54, 1.807) is 39.7 Å². The molecule has 4 amide bonds. The highest BCUT2D eigenvalue weighted by molar-refractivity contribution is 8.00. The zero-order valence-electron chi connectivity index (χ0n) is 31.8. The van der Waals surface area contributed by atoms with E-state index in [0.29, 0.717) is 30.9 Å². The molecular formula is C35H70FN5O6S. The molecular weight excluding hydrogens is 637 g/mol. The summed E-state index contributed by atoms with van der Waals surface area (Å²) in [5, 5.41) is 0.132. The minimum absolute atomic E-state index is 0. The lowest BCUT2D eigenvalue weighted by atomic mass is 9.91. The Balaban J connectivity index is -0.00000333. The van der Waals surface area contributed by atoms with Crippen LogP contribution in [0.25, 0.3) is 0 Å². The second kappa shape index (κ2) is 27.7. The highest BCUT2D eigenvalue weighted by Crippen LogP contribution is 2.27. The van der Waals surface area contributed by atoms with Gasteiger partial charge in [-0.15, -0.1) is 21.4 Å². The van der Waals surface area contributed by atoms with Crippen molar-refractivity contribution in [3.8, 4) is 0 Å². The number of likely N-dealkylation sites (tertiary alicyclic amines) is 1. The highest BCUT2D eigenvalue weighted by atomic mass is 32.2. The third kappa shape index (κ3) is 16.5. The number of carbonyl (C=O) groups excluding carboxylic acids is 5. The van der Waals surface area contributed by atoms with E-state index in [1.165, 1.54) is 35.3 Å². The maximum absolute atomic E-state index is 15.6. The molecule has 1 saturated heterocycles. The molecule has 1 heterocycles. The largest absolute Gasteiger partial charge is 0.379 e. The number of aldehydes is 1. The lowest BCUT2D eigenvalue weighted by molar-refractivity contribution is -0.162. The fourth-order valence-corrected chi connectivity index (χ4v) is 6.87. The number of thioether (sulfide) groups is 1. The molecule has 13 heteroatoms. The van der Waals surface area contributed by atoms with E-state index in [-0.39, 0.29) is 55.5 Å². The average molecular weight is 708 g/mol. The second-order valence-electron chi connectivity index (χ2n) is 12.6. The molecule has 0 aromatic carbocycles. The van der Waals surface area contributed by atoms with Gasteiger partial charge in [0.15, 0.2) is 0 Å². The van der Waals surface area contributed by atoms with Gasteiger partial charge < -0.3 is 25.1 Å². The predicted molar refractivity (Wildman–Crippen MR) is 196 cm³/mol. The highest BCUT2D eigenvalue weighted by Gasteiger charge is 2.38. The van der Waals surface area contributed by atoms with Crippen molar-refractivity contribution in [3.63, 3.8) is 0 Å². The van der Waals surface area contributed by atoms with Crippen LogP contribution >= 0.6 is 11.8 Å². The van der Waals surface area contributed by atoms with E-state index in [4.69, 9.17) is 4.74 Å². The third-order valence-electron chi connectivity index (χ3n) is 8.33. The van der Waals surface area contributed by atoms with E-state index in [2.05, 4.69) is 26.5 Å². The number of rotatable bonds is 22. The summed E-state index contributed by atoms with van der Waals surface area (Å²) in [4.78, 5) is 66.5. The van der Waals surface area contributed by atoms with Crippen LogP contribution in [0.1, 0.15) is 114 Å². The zero-order valence-corrected chi connectivity index (χ0v) is 32.7. The topological polar surface area (TPSA) is 134 Å². The monoisotopic (exact) mass is 708 g/mol. The number of carbonyl (C=O) groups is 5. The van der Waals surface area contributed by atoms with Gasteiger partial charge in [-0.1, -0.05) is 74.1 Å². The fourth-order valence-electron chi connectivity index (χ4n) is 5.60. The number of nitrogens with two attached hydrogens (primary N) is 1. The molecule has 1 aliphatic heterocycles. The predicted octanol–water partition coefficient (Wildman–Crippen LogP) is 5.55. The summed E-state index contributed by atoms with van der Waals surface area (Å²) in [5.41, 5.74) is 4.50. The molecule has 0 aliphatic carbocycles. The van der Waals surface area contributed by atoms with Crippen molar-refractivity contribution in [1.82, 2.24) is 19.8 Å². The van der Waals surface area contributed by atoms with Crippen molar-refractivity contribution in [1.29, 1.82) is 0 Å². The lowest BCUT2D eigenvalue weighted by Gasteiger charge is -2.39. The molecule has 1 fully saturated rings. The van der Waals surface area contributed by atoms with Gasteiger partial charge >= 0.3 is 0 Å².